The highest BCUT2D eigenvalue weighted by Gasteiger charge is 2.10. The third-order valence-electron chi connectivity index (χ3n) is 3.95. The van der Waals surface area contributed by atoms with Gasteiger partial charge in [-0.15, -0.1) is 16.4 Å². The van der Waals surface area contributed by atoms with Crippen molar-refractivity contribution in [1.29, 1.82) is 0 Å². The van der Waals surface area contributed by atoms with Gasteiger partial charge >= 0.3 is 0 Å². The Morgan fingerprint density at radius 3 is 2.86 bits per heavy atom. The summed E-state index contributed by atoms with van der Waals surface area (Å²) in [7, 11) is 0. The number of nitrogens with zero attached hydrogens (tertiary/aromatic N) is 5. The quantitative estimate of drug-likeness (QED) is 0.563. The van der Waals surface area contributed by atoms with E-state index in [0.29, 0.717) is 11.5 Å². The van der Waals surface area contributed by atoms with E-state index in [-0.39, 0.29) is 18.0 Å². The summed E-state index contributed by atoms with van der Waals surface area (Å²) in [4.78, 5) is 28.9. The zero-order chi connectivity index (χ0) is 19.5. The number of benzene rings is 1. The van der Waals surface area contributed by atoms with E-state index in [0.717, 1.165) is 20.9 Å². The summed E-state index contributed by atoms with van der Waals surface area (Å²) in [5, 5.41) is 14.0. The predicted molar refractivity (Wildman–Crippen MR) is 107 cm³/mol. The van der Waals surface area contributed by atoms with Gasteiger partial charge in [0.2, 0.25) is 5.91 Å². The second kappa shape index (κ2) is 7.57. The first-order chi connectivity index (χ1) is 13.6. The molecular formula is C19H16N6O2S. The number of rotatable bonds is 5. The van der Waals surface area contributed by atoms with Crippen molar-refractivity contribution in [2.75, 3.05) is 5.32 Å². The third-order valence-corrected chi connectivity index (χ3v) is 4.72. The third kappa shape index (κ3) is 3.89. The lowest BCUT2D eigenvalue weighted by Gasteiger charge is -2.09. The molecule has 1 amide bonds. The summed E-state index contributed by atoms with van der Waals surface area (Å²) in [6, 6.07) is 12.1. The number of anilines is 1. The Morgan fingerprint density at radius 1 is 1.21 bits per heavy atom. The van der Waals surface area contributed by atoms with Crippen molar-refractivity contribution in [2.45, 2.75) is 13.5 Å². The molecule has 9 heteroatoms. The number of hydrogen-bond donors (Lipinski definition) is 1. The lowest BCUT2D eigenvalue weighted by Crippen LogP contribution is -2.30. The van der Waals surface area contributed by atoms with Crippen LogP contribution >= 0.6 is 11.3 Å². The van der Waals surface area contributed by atoms with Crippen LogP contribution in [-0.2, 0) is 11.3 Å². The normalized spacial score (nSPS) is 10.8. The number of nitrogens with one attached hydrogen (secondary N) is 1. The summed E-state index contributed by atoms with van der Waals surface area (Å²) >= 11 is 1.57. The summed E-state index contributed by atoms with van der Waals surface area (Å²) < 4.78 is 2.63. The van der Waals surface area contributed by atoms with E-state index in [1.807, 2.05) is 30.5 Å². The van der Waals surface area contributed by atoms with Gasteiger partial charge in [-0.2, -0.15) is 5.10 Å². The second-order valence-electron chi connectivity index (χ2n) is 6.02. The van der Waals surface area contributed by atoms with Crippen molar-refractivity contribution >= 4 is 22.9 Å². The molecule has 0 fully saturated rings. The molecule has 0 aliphatic rings. The summed E-state index contributed by atoms with van der Waals surface area (Å²) in [6.45, 7) is 1.75. The van der Waals surface area contributed by atoms with Crippen LogP contribution in [-0.4, -0.2) is 30.5 Å². The maximum absolute atomic E-state index is 12.4. The lowest BCUT2D eigenvalue weighted by atomic mass is 10.1. The smallest absolute Gasteiger partial charge is 0.267 e. The van der Waals surface area contributed by atoms with Gasteiger partial charge in [-0.1, -0.05) is 12.1 Å². The Bertz CT molecular complexity index is 1180. The number of aromatic nitrogens is 5. The molecule has 0 bridgehead atoms. The van der Waals surface area contributed by atoms with E-state index >= 15 is 0 Å². The van der Waals surface area contributed by atoms with Crippen LogP contribution < -0.4 is 10.9 Å². The van der Waals surface area contributed by atoms with Crippen LogP contribution in [0.3, 0.4) is 0 Å². The number of aryl methyl sites for hydroxylation is 1. The average molecular weight is 392 g/mol. The number of thiazole rings is 1. The maximum Gasteiger partial charge on any atom is 0.267 e. The van der Waals surface area contributed by atoms with Gasteiger partial charge in [-0.3, -0.25) is 9.59 Å². The molecule has 1 N–H and O–H groups in total. The molecule has 0 atom stereocenters. The van der Waals surface area contributed by atoms with Crippen LogP contribution in [0.2, 0.25) is 0 Å². The van der Waals surface area contributed by atoms with E-state index in [1.54, 1.807) is 41.9 Å². The van der Waals surface area contributed by atoms with Crippen LogP contribution in [0.5, 0.6) is 0 Å². The maximum atomic E-state index is 12.4. The highest BCUT2D eigenvalue weighted by Crippen LogP contribution is 2.24. The van der Waals surface area contributed by atoms with Crippen LogP contribution in [0.1, 0.15) is 5.01 Å². The highest BCUT2D eigenvalue weighted by molar-refractivity contribution is 7.09. The van der Waals surface area contributed by atoms with Gasteiger partial charge in [0.1, 0.15) is 6.54 Å². The van der Waals surface area contributed by atoms with Crippen molar-refractivity contribution in [3.63, 3.8) is 0 Å². The first-order valence-corrected chi connectivity index (χ1v) is 9.37. The predicted octanol–water partition coefficient (Wildman–Crippen LogP) is 2.50. The van der Waals surface area contributed by atoms with Gasteiger partial charge in [-0.25, -0.2) is 14.3 Å². The number of amides is 1. The van der Waals surface area contributed by atoms with Gasteiger partial charge in [0, 0.05) is 35.1 Å². The molecule has 0 aliphatic carbocycles. The minimum Gasteiger partial charge on any atom is -0.324 e. The molecule has 4 aromatic rings. The number of carbonyl (C=O) groups excluding carboxylic acids is 1. The molecule has 0 unspecified atom stereocenters. The van der Waals surface area contributed by atoms with E-state index in [2.05, 4.69) is 20.5 Å². The zero-order valence-electron chi connectivity index (χ0n) is 14.9. The minimum absolute atomic E-state index is 0.200. The molecule has 0 aliphatic heterocycles. The highest BCUT2D eigenvalue weighted by atomic mass is 32.1. The molecule has 140 valence electrons. The lowest BCUT2D eigenvalue weighted by molar-refractivity contribution is -0.117. The Hall–Kier alpha value is -3.59. The van der Waals surface area contributed by atoms with Crippen molar-refractivity contribution in [3.8, 4) is 17.1 Å². The van der Waals surface area contributed by atoms with Gasteiger partial charge in [0.25, 0.3) is 5.56 Å². The molecule has 0 saturated carbocycles. The Balaban J connectivity index is 1.51. The van der Waals surface area contributed by atoms with Gasteiger partial charge in [0.05, 0.1) is 10.7 Å². The van der Waals surface area contributed by atoms with Crippen molar-refractivity contribution in [2.24, 2.45) is 0 Å². The first kappa shape index (κ1) is 17.8. The molecule has 0 radical (unpaired) electrons. The fourth-order valence-electron chi connectivity index (χ4n) is 2.67. The fraction of sp³-hybridized carbons (Fsp3) is 0.105. The van der Waals surface area contributed by atoms with Crippen molar-refractivity contribution in [1.82, 2.24) is 24.5 Å². The summed E-state index contributed by atoms with van der Waals surface area (Å²) in [6.07, 6.45) is 3.32. The van der Waals surface area contributed by atoms with Crippen LogP contribution in [0.15, 0.2) is 65.0 Å². The molecular weight excluding hydrogens is 376 g/mol. The van der Waals surface area contributed by atoms with E-state index in [1.165, 1.54) is 10.7 Å². The Morgan fingerprint density at radius 2 is 2.11 bits per heavy atom. The molecule has 8 nitrogen and oxygen atoms in total. The minimum atomic E-state index is -0.363. The first-order valence-electron chi connectivity index (χ1n) is 8.49. The van der Waals surface area contributed by atoms with Gasteiger partial charge in [0.15, 0.2) is 5.82 Å². The molecule has 3 heterocycles. The average Bonchev–Trinajstić information content (AvgIpc) is 3.36. The van der Waals surface area contributed by atoms with Crippen LogP contribution in [0.4, 0.5) is 5.69 Å². The summed E-state index contributed by atoms with van der Waals surface area (Å²) in [5.74, 6) is 0.108. The monoisotopic (exact) mass is 392 g/mol. The molecule has 0 spiro atoms. The standard InChI is InChI=1S/C19H16N6O2S/c1-13-21-16(12-28-13)14-4-2-5-15(10-14)22-18(26)11-25-19(27)7-6-17(23-25)24-9-3-8-20-24/h2-10,12H,11H2,1H3,(H,22,26). The SMILES string of the molecule is Cc1nc(-c2cccc(NC(=O)Cn3nc(-n4cccn4)ccc3=O)c2)cs1. The van der Waals surface area contributed by atoms with Crippen molar-refractivity contribution in [3.05, 3.63) is 75.6 Å². The van der Waals surface area contributed by atoms with Crippen molar-refractivity contribution < 1.29 is 4.79 Å². The molecule has 4 rings (SSSR count). The topological polar surface area (TPSA) is 94.7 Å². The molecule has 28 heavy (non-hydrogen) atoms. The second-order valence-corrected chi connectivity index (χ2v) is 7.08. The van der Waals surface area contributed by atoms with Crippen LogP contribution in [0.25, 0.3) is 17.1 Å². The Kier molecular flexibility index (Phi) is 4.81. The Labute approximate surface area is 164 Å². The van der Waals surface area contributed by atoms with Crippen LogP contribution in [0, 0.1) is 6.92 Å². The van der Waals surface area contributed by atoms with E-state index in [4.69, 9.17) is 0 Å². The molecule has 3 aromatic heterocycles. The largest absolute Gasteiger partial charge is 0.324 e. The number of hydrogen-bond acceptors (Lipinski definition) is 6. The molecule has 1 aromatic carbocycles. The number of carbonyl (C=O) groups is 1. The fourth-order valence-corrected chi connectivity index (χ4v) is 3.29. The zero-order valence-corrected chi connectivity index (χ0v) is 15.8. The summed E-state index contributed by atoms with van der Waals surface area (Å²) in [5.41, 5.74) is 2.05. The van der Waals surface area contributed by atoms with E-state index < -0.39 is 0 Å². The van der Waals surface area contributed by atoms with E-state index in [9.17, 15) is 9.59 Å². The molecule has 0 saturated heterocycles. The van der Waals surface area contributed by atoms with Gasteiger partial charge < -0.3 is 5.32 Å². The van der Waals surface area contributed by atoms with Gasteiger partial charge in [-0.05, 0) is 31.2 Å².